The Morgan fingerprint density at radius 1 is 1.35 bits per heavy atom. The topological polar surface area (TPSA) is 24.5 Å². The van der Waals surface area contributed by atoms with E-state index in [4.69, 9.17) is 4.74 Å². The molecule has 0 radical (unpaired) electrons. The van der Waals surface area contributed by atoms with Crippen molar-refractivity contribution >= 4 is 0 Å². The van der Waals surface area contributed by atoms with Crippen molar-refractivity contribution in [3.05, 3.63) is 0 Å². The molecule has 2 saturated heterocycles. The smallest absolute Gasteiger partial charge is 0.0702 e. The average molecular weight is 240 g/mol. The first-order chi connectivity index (χ1) is 8.13. The summed E-state index contributed by atoms with van der Waals surface area (Å²) in [5, 5.41) is 3.52. The summed E-state index contributed by atoms with van der Waals surface area (Å²) in [5.74, 6) is 0. The van der Waals surface area contributed by atoms with Crippen LogP contribution in [0.1, 0.15) is 40.0 Å². The zero-order chi connectivity index (χ0) is 12.3. The van der Waals surface area contributed by atoms with Gasteiger partial charge in [-0.3, -0.25) is 4.90 Å². The lowest BCUT2D eigenvalue weighted by Gasteiger charge is -2.48. The normalized spacial score (nSPS) is 34.8. The average Bonchev–Trinajstić information content (AvgIpc) is 2.29. The molecule has 0 aromatic carbocycles. The molecule has 2 rings (SSSR count). The van der Waals surface area contributed by atoms with Crippen LogP contribution in [0.5, 0.6) is 0 Å². The lowest BCUT2D eigenvalue weighted by Crippen LogP contribution is -2.57. The van der Waals surface area contributed by atoms with Crippen molar-refractivity contribution in [2.75, 3.05) is 32.8 Å². The van der Waals surface area contributed by atoms with Crippen LogP contribution in [-0.4, -0.2) is 49.8 Å². The van der Waals surface area contributed by atoms with E-state index in [1.807, 2.05) is 0 Å². The lowest BCUT2D eigenvalue weighted by atomic mass is 9.78. The third-order valence-electron chi connectivity index (χ3n) is 4.33. The van der Waals surface area contributed by atoms with Gasteiger partial charge in [0.25, 0.3) is 0 Å². The molecule has 3 heteroatoms. The van der Waals surface area contributed by atoms with Crippen molar-refractivity contribution < 1.29 is 4.74 Å². The van der Waals surface area contributed by atoms with Crippen LogP contribution in [-0.2, 0) is 4.74 Å². The predicted octanol–water partition coefficient (Wildman–Crippen LogP) is 1.88. The molecule has 0 bridgehead atoms. The van der Waals surface area contributed by atoms with E-state index in [-0.39, 0.29) is 0 Å². The molecular weight excluding hydrogens is 212 g/mol. The summed E-state index contributed by atoms with van der Waals surface area (Å²) >= 11 is 0. The second-order valence-corrected chi connectivity index (χ2v) is 6.18. The standard InChI is InChI=1S/C14H28N2O/c1-4-17-12-6-5-9-16(10-12)13-7-8-15-11-14(13,2)3/h12-13,15H,4-11H2,1-3H3. The SMILES string of the molecule is CCOC1CCCN(C2CCNCC2(C)C)C1. The molecule has 2 heterocycles. The molecule has 2 aliphatic rings. The molecule has 0 aromatic heterocycles. The van der Waals surface area contributed by atoms with Crippen LogP contribution in [0, 0.1) is 5.41 Å². The summed E-state index contributed by atoms with van der Waals surface area (Å²) in [5.41, 5.74) is 0.395. The van der Waals surface area contributed by atoms with E-state index in [1.54, 1.807) is 0 Å². The van der Waals surface area contributed by atoms with Crippen molar-refractivity contribution in [1.29, 1.82) is 0 Å². The number of hydrogen-bond donors (Lipinski definition) is 1. The fraction of sp³-hybridized carbons (Fsp3) is 1.00. The summed E-state index contributed by atoms with van der Waals surface area (Å²) in [4.78, 5) is 2.69. The van der Waals surface area contributed by atoms with E-state index in [9.17, 15) is 0 Å². The maximum atomic E-state index is 5.81. The molecule has 100 valence electrons. The van der Waals surface area contributed by atoms with Crippen molar-refractivity contribution in [1.82, 2.24) is 10.2 Å². The molecule has 0 aliphatic carbocycles. The number of nitrogens with zero attached hydrogens (tertiary/aromatic N) is 1. The highest BCUT2D eigenvalue weighted by Gasteiger charge is 2.38. The Kier molecular flexibility index (Phi) is 4.45. The highest BCUT2D eigenvalue weighted by molar-refractivity contribution is 4.93. The Hall–Kier alpha value is -0.120. The van der Waals surface area contributed by atoms with E-state index < -0.39 is 0 Å². The van der Waals surface area contributed by atoms with Gasteiger partial charge in [0.15, 0.2) is 0 Å². The number of likely N-dealkylation sites (tertiary alicyclic amines) is 1. The van der Waals surface area contributed by atoms with Gasteiger partial charge >= 0.3 is 0 Å². The van der Waals surface area contributed by atoms with Gasteiger partial charge in [0.2, 0.25) is 0 Å². The number of rotatable bonds is 3. The summed E-state index contributed by atoms with van der Waals surface area (Å²) in [6.45, 7) is 12.5. The minimum atomic E-state index is 0.395. The molecule has 2 fully saturated rings. The van der Waals surface area contributed by atoms with Gasteiger partial charge in [-0.1, -0.05) is 13.8 Å². The predicted molar refractivity (Wildman–Crippen MR) is 71.3 cm³/mol. The molecule has 3 nitrogen and oxygen atoms in total. The third kappa shape index (κ3) is 3.21. The Morgan fingerprint density at radius 2 is 2.18 bits per heavy atom. The minimum absolute atomic E-state index is 0.395. The summed E-state index contributed by atoms with van der Waals surface area (Å²) < 4.78 is 5.81. The van der Waals surface area contributed by atoms with Gasteiger partial charge in [-0.2, -0.15) is 0 Å². The van der Waals surface area contributed by atoms with E-state index in [0.717, 1.165) is 25.7 Å². The molecule has 1 N–H and O–H groups in total. The van der Waals surface area contributed by atoms with E-state index >= 15 is 0 Å². The maximum Gasteiger partial charge on any atom is 0.0702 e. The monoisotopic (exact) mass is 240 g/mol. The quantitative estimate of drug-likeness (QED) is 0.815. The largest absolute Gasteiger partial charge is 0.377 e. The van der Waals surface area contributed by atoms with Crippen LogP contribution in [0.15, 0.2) is 0 Å². The highest BCUT2D eigenvalue weighted by atomic mass is 16.5. The Bertz CT molecular complexity index is 240. The Labute approximate surface area is 106 Å². The first-order valence-corrected chi connectivity index (χ1v) is 7.20. The Balaban J connectivity index is 1.95. The van der Waals surface area contributed by atoms with Gasteiger partial charge in [0.05, 0.1) is 6.10 Å². The first-order valence-electron chi connectivity index (χ1n) is 7.20. The van der Waals surface area contributed by atoms with Crippen molar-refractivity contribution in [2.24, 2.45) is 5.41 Å². The van der Waals surface area contributed by atoms with E-state index in [0.29, 0.717) is 11.5 Å². The van der Waals surface area contributed by atoms with Gasteiger partial charge in [0, 0.05) is 25.7 Å². The van der Waals surface area contributed by atoms with Crippen molar-refractivity contribution in [3.63, 3.8) is 0 Å². The van der Waals surface area contributed by atoms with Gasteiger partial charge in [-0.05, 0) is 44.7 Å². The second-order valence-electron chi connectivity index (χ2n) is 6.18. The van der Waals surface area contributed by atoms with Gasteiger partial charge in [-0.25, -0.2) is 0 Å². The lowest BCUT2D eigenvalue weighted by molar-refractivity contribution is -0.0350. The highest BCUT2D eigenvalue weighted by Crippen LogP contribution is 2.31. The molecule has 17 heavy (non-hydrogen) atoms. The van der Waals surface area contributed by atoms with Crippen LogP contribution in [0.4, 0.5) is 0 Å². The zero-order valence-electron chi connectivity index (χ0n) is 11.7. The van der Waals surface area contributed by atoms with Crippen molar-refractivity contribution in [2.45, 2.75) is 52.2 Å². The summed E-state index contributed by atoms with van der Waals surface area (Å²) in [7, 11) is 0. The number of nitrogens with one attached hydrogen (secondary N) is 1. The van der Waals surface area contributed by atoms with Crippen LogP contribution in [0.25, 0.3) is 0 Å². The van der Waals surface area contributed by atoms with Crippen LogP contribution < -0.4 is 5.32 Å². The Morgan fingerprint density at radius 3 is 2.88 bits per heavy atom. The number of ether oxygens (including phenoxy) is 1. The fourth-order valence-corrected chi connectivity index (χ4v) is 3.46. The van der Waals surface area contributed by atoms with E-state index in [2.05, 4.69) is 31.0 Å². The summed E-state index contributed by atoms with van der Waals surface area (Å²) in [6, 6.07) is 0.729. The van der Waals surface area contributed by atoms with Crippen LogP contribution in [0.3, 0.4) is 0 Å². The number of hydrogen-bond acceptors (Lipinski definition) is 3. The molecular formula is C14H28N2O. The van der Waals surface area contributed by atoms with Gasteiger partial charge in [0.1, 0.15) is 0 Å². The molecule has 0 saturated carbocycles. The molecule has 0 spiro atoms. The third-order valence-corrected chi connectivity index (χ3v) is 4.33. The zero-order valence-corrected chi connectivity index (χ0v) is 11.7. The molecule has 0 aromatic rings. The second kappa shape index (κ2) is 5.68. The van der Waals surface area contributed by atoms with Crippen molar-refractivity contribution in [3.8, 4) is 0 Å². The molecule has 0 amide bonds. The fourth-order valence-electron chi connectivity index (χ4n) is 3.46. The molecule has 2 atom stereocenters. The van der Waals surface area contributed by atoms with Crippen LogP contribution in [0.2, 0.25) is 0 Å². The number of piperidine rings is 2. The molecule has 2 aliphatic heterocycles. The minimum Gasteiger partial charge on any atom is -0.377 e. The first kappa shape index (κ1) is 13.3. The summed E-state index contributed by atoms with van der Waals surface area (Å²) in [6.07, 6.45) is 4.30. The van der Waals surface area contributed by atoms with Crippen LogP contribution >= 0.6 is 0 Å². The maximum absolute atomic E-state index is 5.81. The van der Waals surface area contributed by atoms with Gasteiger partial charge in [-0.15, -0.1) is 0 Å². The van der Waals surface area contributed by atoms with Gasteiger partial charge < -0.3 is 10.1 Å². The van der Waals surface area contributed by atoms with E-state index in [1.165, 1.54) is 32.4 Å². The molecule has 2 unspecified atom stereocenters.